The minimum Gasteiger partial charge on any atom is -0.496 e. The number of amides is 1. The van der Waals surface area contributed by atoms with Gasteiger partial charge in [-0.1, -0.05) is 11.6 Å². The molecule has 1 N–H and O–H groups in total. The quantitative estimate of drug-likeness (QED) is 0.878. The third-order valence-electron chi connectivity index (χ3n) is 5.29. The number of aromatic nitrogens is 2. The Balaban J connectivity index is 1.55. The number of nitrogens with one attached hydrogen (secondary N) is 1. The van der Waals surface area contributed by atoms with Crippen LogP contribution in [0.3, 0.4) is 0 Å². The number of piperidine rings is 1. The summed E-state index contributed by atoms with van der Waals surface area (Å²) in [5.41, 5.74) is 2.82. The number of hydrogen-bond acceptors (Lipinski definition) is 5. The van der Waals surface area contributed by atoms with Crippen molar-refractivity contribution < 1.29 is 9.53 Å². The zero-order chi connectivity index (χ0) is 18.8. The molecule has 1 saturated heterocycles. The fourth-order valence-electron chi connectivity index (χ4n) is 3.84. The highest BCUT2D eigenvalue weighted by Crippen LogP contribution is 2.29. The third kappa shape index (κ3) is 3.77. The fourth-order valence-corrected chi connectivity index (χ4v) is 4.01. The van der Waals surface area contributed by atoms with Crippen LogP contribution in [0.15, 0.2) is 24.4 Å². The molecule has 2 aliphatic rings. The highest BCUT2D eigenvalue weighted by molar-refractivity contribution is 6.31. The summed E-state index contributed by atoms with van der Waals surface area (Å²) in [7, 11) is 1.56. The molecular weight excluding hydrogens is 364 g/mol. The summed E-state index contributed by atoms with van der Waals surface area (Å²) in [5.74, 6) is 1.50. The predicted octanol–water partition coefficient (Wildman–Crippen LogP) is 2.80. The van der Waals surface area contributed by atoms with Crippen LogP contribution in [0, 0.1) is 0 Å². The van der Waals surface area contributed by atoms with Crippen molar-refractivity contribution in [1.29, 1.82) is 0 Å². The molecule has 1 amide bonds. The molecule has 0 saturated carbocycles. The van der Waals surface area contributed by atoms with Crippen LogP contribution in [0.1, 0.15) is 46.2 Å². The molecule has 3 heterocycles. The summed E-state index contributed by atoms with van der Waals surface area (Å²) in [6, 6.07) is 5.14. The van der Waals surface area contributed by atoms with E-state index in [0.29, 0.717) is 22.9 Å². The molecule has 2 aromatic rings. The molecule has 0 unspecified atom stereocenters. The number of nitrogens with zero attached hydrogens (tertiary/aromatic N) is 3. The molecule has 0 radical (unpaired) electrons. The van der Waals surface area contributed by atoms with Gasteiger partial charge in [-0.2, -0.15) is 0 Å². The minimum absolute atomic E-state index is 0.0544. The van der Waals surface area contributed by atoms with Gasteiger partial charge < -0.3 is 15.0 Å². The average Bonchev–Trinajstić information content (AvgIpc) is 2.73. The van der Waals surface area contributed by atoms with Gasteiger partial charge in [0, 0.05) is 61.0 Å². The van der Waals surface area contributed by atoms with E-state index in [1.165, 1.54) is 5.56 Å². The van der Waals surface area contributed by atoms with E-state index in [0.717, 1.165) is 50.4 Å². The van der Waals surface area contributed by atoms with E-state index in [4.69, 9.17) is 21.3 Å². The fraction of sp³-hybridized carbons (Fsp3) is 0.450. The number of benzene rings is 1. The Morgan fingerprint density at radius 1 is 1.41 bits per heavy atom. The van der Waals surface area contributed by atoms with Gasteiger partial charge in [0.25, 0.3) is 5.91 Å². The number of hydrogen-bond donors (Lipinski definition) is 1. The Bertz CT molecular complexity index is 858. The number of ether oxygens (including phenoxy) is 1. The van der Waals surface area contributed by atoms with E-state index >= 15 is 0 Å². The number of likely N-dealkylation sites (tertiary alicyclic amines) is 1. The SMILES string of the molecule is COc1ccc(Cl)cc1C(=O)N1CCC[C@@H](c2ncc3c(n2)CCNC3)C1. The van der Waals surface area contributed by atoms with E-state index < -0.39 is 0 Å². The molecule has 1 atom stereocenters. The zero-order valence-electron chi connectivity index (χ0n) is 15.4. The molecule has 7 heteroatoms. The Morgan fingerprint density at radius 3 is 3.15 bits per heavy atom. The average molecular weight is 387 g/mol. The van der Waals surface area contributed by atoms with Crippen LogP contribution in [0.4, 0.5) is 0 Å². The lowest BCUT2D eigenvalue weighted by atomic mass is 9.95. The van der Waals surface area contributed by atoms with Gasteiger partial charge >= 0.3 is 0 Å². The highest BCUT2D eigenvalue weighted by atomic mass is 35.5. The van der Waals surface area contributed by atoms with Crippen molar-refractivity contribution >= 4 is 17.5 Å². The van der Waals surface area contributed by atoms with Crippen molar-refractivity contribution in [1.82, 2.24) is 20.2 Å². The lowest BCUT2D eigenvalue weighted by Crippen LogP contribution is -2.40. The molecule has 1 aromatic heterocycles. The topological polar surface area (TPSA) is 67.3 Å². The van der Waals surface area contributed by atoms with E-state index in [1.807, 2.05) is 11.1 Å². The zero-order valence-corrected chi connectivity index (χ0v) is 16.1. The van der Waals surface area contributed by atoms with Crippen LogP contribution >= 0.6 is 11.6 Å². The first-order valence-electron chi connectivity index (χ1n) is 9.34. The van der Waals surface area contributed by atoms with Crippen molar-refractivity contribution in [2.45, 2.75) is 31.7 Å². The summed E-state index contributed by atoms with van der Waals surface area (Å²) < 4.78 is 5.35. The number of fused-ring (bicyclic) bond motifs is 1. The summed E-state index contributed by atoms with van der Waals surface area (Å²) in [6.45, 7) is 3.12. The highest BCUT2D eigenvalue weighted by Gasteiger charge is 2.29. The van der Waals surface area contributed by atoms with Crippen LogP contribution in [-0.4, -0.2) is 47.5 Å². The van der Waals surface area contributed by atoms with E-state index in [2.05, 4.69) is 10.3 Å². The third-order valence-corrected chi connectivity index (χ3v) is 5.53. The van der Waals surface area contributed by atoms with Crippen LogP contribution in [0.25, 0.3) is 0 Å². The van der Waals surface area contributed by atoms with Gasteiger partial charge in [-0.3, -0.25) is 4.79 Å². The smallest absolute Gasteiger partial charge is 0.257 e. The summed E-state index contributed by atoms with van der Waals surface area (Å²) in [6.07, 6.45) is 4.79. The number of halogens is 1. The lowest BCUT2D eigenvalue weighted by molar-refractivity contribution is 0.0701. The van der Waals surface area contributed by atoms with E-state index in [1.54, 1.807) is 25.3 Å². The first-order chi connectivity index (χ1) is 13.2. The van der Waals surface area contributed by atoms with Gasteiger partial charge in [0.1, 0.15) is 11.6 Å². The Kier molecular flexibility index (Phi) is 5.27. The van der Waals surface area contributed by atoms with Gasteiger partial charge in [0.15, 0.2) is 0 Å². The van der Waals surface area contributed by atoms with E-state index in [9.17, 15) is 4.79 Å². The molecule has 0 aliphatic carbocycles. The van der Waals surface area contributed by atoms with Crippen molar-refractivity contribution in [3.8, 4) is 5.75 Å². The van der Waals surface area contributed by atoms with Gasteiger partial charge in [-0.25, -0.2) is 9.97 Å². The first kappa shape index (κ1) is 18.2. The van der Waals surface area contributed by atoms with Crippen LogP contribution in [-0.2, 0) is 13.0 Å². The molecular formula is C20H23ClN4O2. The molecule has 142 valence electrons. The first-order valence-corrected chi connectivity index (χ1v) is 9.71. The van der Waals surface area contributed by atoms with Crippen LogP contribution < -0.4 is 10.1 Å². The number of rotatable bonds is 3. The molecule has 0 bridgehead atoms. The number of methoxy groups -OCH3 is 1. The molecule has 1 aromatic carbocycles. The van der Waals surface area contributed by atoms with Crippen LogP contribution in [0.5, 0.6) is 5.75 Å². The van der Waals surface area contributed by atoms with Gasteiger partial charge in [-0.15, -0.1) is 0 Å². The summed E-state index contributed by atoms with van der Waals surface area (Å²) in [4.78, 5) is 24.4. The normalized spacial score (nSPS) is 19.5. The Hall–Kier alpha value is -2.18. The number of carbonyl (C=O) groups excluding carboxylic acids is 1. The Morgan fingerprint density at radius 2 is 2.30 bits per heavy atom. The second kappa shape index (κ2) is 7.82. The maximum Gasteiger partial charge on any atom is 0.257 e. The van der Waals surface area contributed by atoms with Crippen molar-refractivity contribution in [2.75, 3.05) is 26.7 Å². The lowest BCUT2D eigenvalue weighted by Gasteiger charge is -2.32. The minimum atomic E-state index is -0.0544. The van der Waals surface area contributed by atoms with Crippen LogP contribution in [0.2, 0.25) is 5.02 Å². The predicted molar refractivity (Wildman–Crippen MR) is 103 cm³/mol. The second-order valence-corrected chi connectivity index (χ2v) is 7.50. The largest absolute Gasteiger partial charge is 0.496 e. The van der Waals surface area contributed by atoms with Crippen molar-refractivity contribution in [3.05, 3.63) is 52.1 Å². The number of carbonyl (C=O) groups is 1. The molecule has 2 aliphatic heterocycles. The van der Waals surface area contributed by atoms with Gasteiger partial charge in [0.2, 0.25) is 0 Å². The molecule has 27 heavy (non-hydrogen) atoms. The molecule has 1 fully saturated rings. The molecule has 0 spiro atoms. The summed E-state index contributed by atoms with van der Waals surface area (Å²) >= 11 is 6.10. The standard InChI is InChI=1S/C20H23ClN4O2/c1-27-18-5-4-15(21)9-16(18)20(26)25-8-2-3-13(12-25)19-23-11-14-10-22-7-6-17(14)24-19/h4-5,9,11,13,22H,2-3,6-8,10,12H2,1H3/t13-/m1/s1. The van der Waals surface area contributed by atoms with E-state index in [-0.39, 0.29) is 11.8 Å². The second-order valence-electron chi connectivity index (χ2n) is 7.06. The maximum atomic E-state index is 13.1. The molecule has 6 nitrogen and oxygen atoms in total. The monoisotopic (exact) mass is 386 g/mol. The van der Waals surface area contributed by atoms with Gasteiger partial charge in [-0.05, 0) is 31.0 Å². The van der Waals surface area contributed by atoms with Gasteiger partial charge in [0.05, 0.1) is 12.7 Å². The maximum absolute atomic E-state index is 13.1. The van der Waals surface area contributed by atoms with Crippen molar-refractivity contribution in [3.63, 3.8) is 0 Å². The Labute approximate surface area is 163 Å². The van der Waals surface area contributed by atoms with Crippen molar-refractivity contribution in [2.24, 2.45) is 0 Å². The molecule has 4 rings (SSSR count). The summed E-state index contributed by atoms with van der Waals surface area (Å²) in [5, 5.41) is 3.87.